The molecule has 1 saturated heterocycles. The molecule has 0 aliphatic carbocycles. The van der Waals surface area contributed by atoms with Gasteiger partial charge in [0.25, 0.3) is 0 Å². The third-order valence-corrected chi connectivity index (χ3v) is 2.07. The van der Waals surface area contributed by atoms with E-state index in [0.29, 0.717) is 0 Å². The molecule has 15 heavy (non-hydrogen) atoms. The number of ether oxygens (including phenoxy) is 2. The van der Waals surface area contributed by atoms with Gasteiger partial charge in [-0.25, -0.2) is 4.79 Å². The molecule has 1 aliphatic rings. The zero-order valence-corrected chi connectivity index (χ0v) is 9.79. The van der Waals surface area contributed by atoms with Gasteiger partial charge in [-0.15, -0.1) is 0 Å². The molecule has 0 aromatic heterocycles. The highest BCUT2D eigenvalue weighted by molar-refractivity contribution is 5.82. The molecule has 86 valence electrons. The lowest BCUT2D eigenvalue weighted by Gasteiger charge is -2.20. The number of hydrogen-bond acceptors (Lipinski definition) is 3. The second kappa shape index (κ2) is 5.31. The summed E-state index contributed by atoms with van der Waals surface area (Å²) >= 11 is 0. The van der Waals surface area contributed by atoms with Gasteiger partial charge in [0, 0.05) is 12.7 Å². The van der Waals surface area contributed by atoms with Crippen LogP contribution in [0.4, 0.5) is 0 Å². The minimum atomic E-state index is -0.422. The van der Waals surface area contributed by atoms with E-state index in [1.807, 2.05) is 20.8 Å². The van der Waals surface area contributed by atoms with Crippen LogP contribution in [0.15, 0.2) is 12.2 Å². The second-order valence-corrected chi connectivity index (χ2v) is 4.80. The Morgan fingerprint density at radius 3 is 2.67 bits per heavy atom. The van der Waals surface area contributed by atoms with Crippen LogP contribution < -0.4 is 0 Å². The van der Waals surface area contributed by atoms with E-state index in [-0.39, 0.29) is 12.1 Å². The molecule has 0 spiro atoms. The van der Waals surface area contributed by atoms with Crippen LogP contribution in [0.25, 0.3) is 0 Å². The first-order valence-corrected chi connectivity index (χ1v) is 5.50. The zero-order valence-electron chi connectivity index (χ0n) is 9.79. The zero-order chi connectivity index (χ0) is 11.3. The van der Waals surface area contributed by atoms with Crippen molar-refractivity contribution in [3.05, 3.63) is 12.2 Å². The van der Waals surface area contributed by atoms with Gasteiger partial charge in [0.15, 0.2) is 0 Å². The van der Waals surface area contributed by atoms with E-state index in [9.17, 15) is 4.79 Å². The lowest BCUT2D eigenvalue weighted by atomic mass is 10.1. The van der Waals surface area contributed by atoms with Crippen molar-refractivity contribution in [2.75, 3.05) is 6.61 Å². The highest BCUT2D eigenvalue weighted by Gasteiger charge is 2.15. The van der Waals surface area contributed by atoms with Crippen LogP contribution in [0.3, 0.4) is 0 Å². The van der Waals surface area contributed by atoms with Crippen molar-refractivity contribution in [1.82, 2.24) is 0 Å². The van der Waals surface area contributed by atoms with Gasteiger partial charge in [0.2, 0.25) is 0 Å². The molecule has 0 amide bonds. The average Bonchev–Trinajstić information content (AvgIpc) is 2.14. The summed E-state index contributed by atoms with van der Waals surface area (Å²) in [7, 11) is 0. The maximum absolute atomic E-state index is 11.3. The van der Waals surface area contributed by atoms with Crippen molar-refractivity contribution in [2.24, 2.45) is 0 Å². The fourth-order valence-electron chi connectivity index (χ4n) is 1.44. The number of carbonyl (C=O) groups excluding carboxylic acids is 1. The summed E-state index contributed by atoms with van der Waals surface area (Å²) in [4.78, 5) is 11.3. The summed E-state index contributed by atoms with van der Waals surface area (Å²) < 4.78 is 10.6. The predicted octanol–water partition coefficient (Wildman–Crippen LogP) is 2.45. The van der Waals surface area contributed by atoms with Gasteiger partial charge in [-0.2, -0.15) is 0 Å². The monoisotopic (exact) mass is 212 g/mol. The maximum atomic E-state index is 11.3. The molecule has 0 bridgehead atoms. The highest BCUT2D eigenvalue weighted by Crippen LogP contribution is 2.14. The van der Waals surface area contributed by atoms with Crippen LogP contribution in [0, 0.1) is 0 Å². The fraction of sp³-hybridized carbons (Fsp3) is 0.750. The SMILES string of the molecule is CC(C)(C)OC(=O)/C=C/[C@@H]1CCCCO1. The number of hydrogen-bond donors (Lipinski definition) is 0. The van der Waals surface area contributed by atoms with Crippen LogP contribution in [-0.4, -0.2) is 24.3 Å². The fourth-order valence-corrected chi connectivity index (χ4v) is 1.44. The third kappa shape index (κ3) is 5.57. The van der Waals surface area contributed by atoms with E-state index in [2.05, 4.69) is 0 Å². The van der Waals surface area contributed by atoms with Crippen molar-refractivity contribution < 1.29 is 14.3 Å². The number of rotatable bonds is 2. The van der Waals surface area contributed by atoms with E-state index < -0.39 is 5.60 Å². The Balaban J connectivity index is 2.33. The van der Waals surface area contributed by atoms with Gasteiger partial charge in [-0.3, -0.25) is 0 Å². The third-order valence-electron chi connectivity index (χ3n) is 2.07. The van der Waals surface area contributed by atoms with Gasteiger partial charge in [0.1, 0.15) is 5.60 Å². The maximum Gasteiger partial charge on any atom is 0.331 e. The summed E-state index contributed by atoms with van der Waals surface area (Å²) in [5.41, 5.74) is -0.422. The van der Waals surface area contributed by atoms with Gasteiger partial charge >= 0.3 is 5.97 Å². The molecule has 1 fully saturated rings. The molecule has 0 aromatic carbocycles. The molecular weight excluding hydrogens is 192 g/mol. The first-order valence-electron chi connectivity index (χ1n) is 5.50. The quantitative estimate of drug-likeness (QED) is 0.521. The smallest absolute Gasteiger partial charge is 0.331 e. The predicted molar refractivity (Wildman–Crippen MR) is 58.6 cm³/mol. The van der Waals surface area contributed by atoms with E-state index in [1.165, 1.54) is 12.5 Å². The Morgan fingerprint density at radius 2 is 2.13 bits per heavy atom. The van der Waals surface area contributed by atoms with Gasteiger partial charge < -0.3 is 9.47 Å². The molecule has 0 N–H and O–H groups in total. The van der Waals surface area contributed by atoms with Crippen molar-refractivity contribution in [3.63, 3.8) is 0 Å². The second-order valence-electron chi connectivity index (χ2n) is 4.80. The molecule has 3 heteroatoms. The standard InChI is InChI=1S/C12H20O3/c1-12(2,3)15-11(13)8-7-10-6-4-5-9-14-10/h7-8,10H,4-6,9H2,1-3H3/b8-7+/t10-/m0/s1. The number of carbonyl (C=O) groups is 1. The average molecular weight is 212 g/mol. The summed E-state index contributed by atoms with van der Waals surface area (Å²) in [6.07, 6.45) is 6.65. The first-order chi connectivity index (χ1) is 6.97. The summed E-state index contributed by atoms with van der Waals surface area (Å²) in [5, 5.41) is 0. The van der Waals surface area contributed by atoms with E-state index >= 15 is 0 Å². The lowest BCUT2D eigenvalue weighted by Crippen LogP contribution is -2.23. The molecule has 1 rings (SSSR count). The molecule has 0 saturated carbocycles. The first kappa shape index (κ1) is 12.2. The summed E-state index contributed by atoms with van der Waals surface area (Å²) in [6.45, 7) is 6.37. The molecular formula is C12H20O3. The highest BCUT2D eigenvalue weighted by atomic mass is 16.6. The van der Waals surface area contributed by atoms with Crippen LogP contribution in [0.2, 0.25) is 0 Å². The Morgan fingerprint density at radius 1 is 1.40 bits per heavy atom. The van der Waals surface area contributed by atoms with Crippen molar-refractivity contribution in [2.45, 2.75) is 51.7 Å². The Labute approximate surface area is 91.4 Å². The Bertz CT molecular complexity index is 232. The van der Waals surface area contributed by atoms with Crippen molar-refractivity contribution in [1.29, 1.82) is 0 Å². The summed E-state index contributed by atoms with van der Waals surface area (Å²) in [6, 6.07) is 0. The number of esters is 1. The van der Waals surface area contributed by atoms with E-state index in [4.69, 9.17) is 9.47 Å². The van der Waals surface area contributed by atoms with Crippen LogP contribution >= 0.6 is 0 Å². The molecule has 1 atom stereocenters. The van der Waals surface area contributed by atoms with Gasteiger partial charge in [-0.05, 0) is 46.1 Å². The largest absolute Gasteiger partial charge is 0.457 e. The molecule has 1 aliphatic heterocycles. The van der Waals surface area contributed by atoms with Gasteiger partial charge in [-0.1, -0.05) is 0 Å². The van der Waals surface area contributed by atoms with Crippen LogP contribution in [-0.2, 0) is 14.3 Å². The lowest BCUT2D eigenvalue weighted by molar-refractivity contribution is -0.148. The van der Waals surface area contributed by atoms with E-state index in [1.54, 1.807) is 6.08 Å². The van der Waals surface area contributed by atoms with Crippen molar-refractivity contribution in [3.8, 4) is 0 Å². The van der Waals surface area contributed by atoms with Crippen molar-refractivity contribution >= 4 is 5.97 Å². The van der Waals surface area contributed by atoms with Gasteiger partial charge in [0.05, 0.1) is 6.10 Å². The molecule has 3 nitrogen and oxygen atoms in total. The summed E-state index contributed by atoms with van der Waals surface area (Å²) in [5.74, 6) is -0.295. The van der Waals surface area contributed by atoms with Crippen LogP contribution in [0.1, 0.15) is 40.0 Å². The minimum Gasteiger partial charge on any atom is -0.457 e. The minimum absolute atomic E-state index is 0.0891. The molecule has 0 radical (unpaired) electrons. The van der Waals surface area contributed by atoms with E-state index in [0.717, 1.165) is 19.4 Å². The Hall–Kier alpha value is -0.830. The molecule has 1 heterocycles. The Kier molecular flexibility index (Phi) is 4.33. The van der Waals surface area contributed by atoms with Crippen LogP contribution in [0.5, 0.6) is 0 Å². The topological polar surface area (TPSA) is 35.5 Å². The normalized spacial score (nSPS) is 23.0. The molecule has 0 unspecified atom stereocenters. The molecule has 0 aromatic rings.